The monoisotopic (exact) mass is 482 g/mol. The highest BCUT2D eigenvalue weighted by Gasteiger charge is 2.17. The van der Waals surface area contributed by atoms with Gasteiger partial charge in [0.25, 0.3) is 0 Å². The summed E-state index contributed by atoms with van der Waals surface area (Å²) < 4.78 is 5.77. The first-order valence-corrected chi connectivity index (χ1v) is 13.4. The Balaban J connectivity index is 1.53. The van der Waals surface area contributed by atoms with Crippen LogP contribution >= 0.6 is 22.9 Å². The molecule has 4 rings (SSSR count). The lowest BCUT2D eigenvalue weighted by molar-refractivity contribution is 0.194. The highest BCUT2D eigenvalue weighted by Crippen LogP contribution is 2.37. The number of aromatic nitrogens is 1. The van der Waals surface area contributed by atoms with Crippen molar-refractivity contribution < 1.29 is 4.74 Å². The molecule has 0 N–H and O–H groups in total. The summed E-state index contributed by atoms with van der Waals surface area (Å²) in [7, 11) is 0. The van der Waals surface area contributed by atoms with Crippen LogP contribution in [0.5, 0.6) is 5.75 Å². The number of ether oxygens (including phenoxy) is 1. The van der Waals surface area contributed by atoms with Crippen LogP contribution in [0.2, 0.25) is 5.02 Å². The molecule has 0 radical (unpaired) electrons. The van der Waals surface area contributed by atoms with Gasteiger partial charge in [-0.2, -0.15) is 0 Å². The van der Waals surface area contributed by atoms with Crippen molar-refractivity contribution in [3.63, 3.8) is 0 Å². The third kappa shape index (κ3) is 5.98. The molecule has 3 nitrogen and oxygen atoms in total. The smallest absolute Gasteiger partial charge is 0.138 e. The van der Waals surface area contributed by atoms with Gasteiger partial charge in [-0.15, -0.1) is 11.3 Å². The highest BCUT2D eigenvalue weighted by molar-refractivity contribution is 7.18. The Morgan fingerprint density at radius 1 is 1.18 bits per heavy atom. The summed E-state index contributed by atoms with van der Waals surface area (Å²) in [6.45, 7) is 12.3. The van der Waals surface area contributed by atoms with Crippen LogP contribution in [-0.4, -0.2) is 35.6 Å². The third-order valence-corrected chi connectivity index (χ3v) is 7.89. The van der Waals surface area contributed by atoms with Crippen LogP contribution in [0.4, 0.5) is 0 Å². The van der Waals surface area contributed by atoms with E-state index in [9.17, 15) is 0 Å². The van der Waals surface area contributed by atoms with Crippen LogP contribution in [0.1, 0.15) is 51.7 Å². The number of thiazole rings is 1. The van der Waals surface area contributed by atoms with Gasteiger partial charge in [-0.3, -0.25) is 0 Å². The van der Waals surface area contributed by atoms with E-state index < -0.39 is 0 Å². The van der Waals surface area contributed by atoms with Crippen LogP contribution in [-0.2, 0) is 12.8 Å². The fourth-order valence-electron chi connectivity index (χ4n) is 4.60. The molecule has 0 spiro atoms. The minimum Gasteiger partial charge on any atom is -0.489 e. The fraction of sp³-hybridized carbons (Fsp3) is 0.464. The van der Waals surface area contributed by atoms with Crippen LogP contribution in [0.25, 0.3) is 21.0 Å². The van der Waals surface area contributed by atoms with Crippen molar-refractivity contribution in [2.24, 2.45) is 5.92 Å². The van der Waals surface area contributed by atoms with E-state index >= 15 is 0 Å². The van der Waals surface area contributed by atoms with Gasteiger partial charge in [0.2, 0.25) is 0 Å². The normalized spacial score (nSPS) is 15.3. The number of hydrogen-bond donors (Lipinski definition) is 0. The van der Waals surface area contributed by atoms with E-state index in [4.69, 9.17) is 21.3 Å². The first-order valence-electron chi connectivity index (χ1n) is 12.2. The highest BCUT2D eigenvalue weighted by atomic mass is 35.5. The molecule has 2 aromatic carbocycles. The number of nitrogens with zero attached hydrogens (tertiary/aromatic N) is 2. The first-order chi connectivity index (χ1) is 15.9. The molecule has 3 aromatic rings. The van der Waals surface area contributed by atoms with Crippen molar-refractivity contribution in [1.29, 1.82) is 0 Å². The number of rotatable bonds is 8. The van der Waals surface area contributed by atoms with Crippen molar-refractivity contribution in [2.75, 3.05) is 19.6 Å². The lowest BCUT2D eigenvalue weighted by Crippen LogP contribution is -2.34. The van der Waals surface area contributed by atoms with Gasteiger partial charge in [-0.25, -0.2) is 4.98 Å². The predicted octanol–water partition coefficient (Wildman–Crippen LogP) is 7.75. The maximum absolute atomic E-state index is 6.47. The number of hydrogen-bond acceptors (Lipinski definition) is 4. The Bertz CT molecular complexity index is 1070. The molecule has 176 valence electrons. The van der Waals surface area contributed by atoms with Crippen LogP contribution in [0.15, 0.2) is 42.6 Å². The van der Waals surface area contributed by atoms with Gasteiger partial charge in [-0.05, 0) is 93.4 Å². The SMILES string of the molecule is CCc1c(CCN2CCC(C)CC2)cccc1-c1cnc(-c2ccc(OC(C)C)c(Cl)c2)s1. The lowest BCUT2D eigenvalue weighted by atomic mass is 9.95. The maximum Gasteiger partial charge on any atom is 0.138 e. The molecule has 1 aliphatic heterocycles. The predicted molar refractivity (Wildman–Crippen MR) is 142 cm³/mol. The van der Waals surface area contributed by atoms with Crippen LogP contribution < -0.4 is 4.74 Å². The fourth-order valence-corrected chi connectivity index (χ4v) is 5.79. The van der Waals surface area contributed by atoms with E-state index in [0.29, 0.717) is 5.02 Å². The molecule has 0 amide bonds. The molecule has 1 aromatic heterocycles. The molecule has 0 aliphatic carbocycles. The van der Waals surface area contributed by atoms with E-state index in [1.54, 1.807) is 11.3 Å². The van der Waals surface area contributed by atoms with Gasteiger partial charge < -0.3 is 9.64 Å². The molecule has 0 atom stereocenters. The standard InChI is InChI=1S/C28H35ClN2OS/c1-5-23-21(13-16-31-14-11-20(4)12-15-31)7-6-8-24(23)27-18-30-28(33-27)22-9-10-26(25(29)17-22)32-19(2)3/h6-10,17-20H,5,11-16H2,1-4H3. The molecule has 5 heteroatoms. The van der Waals surface area contributed by atoms with E-state index in [-0.39, 0.29) is 6.10 Å². The topological polar surface area (TPSA) is 25.4 Å². The second-order valence-corrected chi connectivity index (χ2v) is 10.9. The Morgan fingerprint density at radius 2 is 1.97 bits per heavy atom. The molecule has 1 aliphatic rings. The van der Waals surface area contributed by atoms with Crippen LogP contribution in [0, 0.1) is 5.92 Å². The van der Waals surface area contributed by atoms with Crippen molar-refractivity contribution in [2.45, 2.75) is 59.5 Å². The second-order valence-electron chi connectivity index (χ2n) is 9.41. The summed E-state index contributed by atoms with van der Waals surface area (Å²) in [6, 6.07) is 12.7. The quantitative estimate of drug-likeness (QED) is 0.328. The Kier molecular flexibility index (Phi) is 8.11. The summed E-state index contributed by atoms with van der Waals surface area (Å²) in [6.07, 6.45) is 6.92. The summed E-state index contributed by atoms with van der Waals surface area (Å²) in [5, 5.41) is 1.61. The number of likely N-dealkylation sites (tertiary alicyclic amines) is 1. The second kappa shape index (κ2) is 11.0. The first kappa shape index (κ1) is 24.3. The van der Waals surface area contributed by atoms with E-state index in [1.807, 2.05) is 38.2 Å². The molecular formula is C28H35ClN2OS. The number of benzene rings is 2. The minimum atomic E-state index is 0.0954. The molecule has 1 fully saturated rings. The molecule has 33 heavy (non-hydrogen) atoms. The van der Waals surface area contributed by atoms with Crippen molar-refractivity contribution >= 4 is 22.9 Å². The zero-order chi connectivity index (χ0) is 23.4. The minimum absolute atomic E-state index is 0.0954. The Labute approximate surface area is 207 Å². The zero-order valence-corrected chi connectivity index (χ0v) is 21.8. The average molecular weight is 483 g/mol. The summed E-state index contributed by atoms with van der Waals surface area (Å²) >= 11 is 8.20. The van der Waals surface area contributed by atoms with Crippen molar-refractivity contribution in [1.82, 2.24) is 9.88 Å². The van der Waals surface area contributed by atoms with Gasteiger partial charge in [-0.1, -0.05) is 43.6 Å². The molecule has 1 saturated heterocycles. The van der Waals surface area contributed by atoms with Crippen molar-refractivity contribution in [3.8, 4) is 26.8 Å². The van der Waals surface area contributed by atoms with Gasteiger partial charge in [0.05, 0.1) is 16.0 Å². The zero-order valence-electron chi connectivity index (χ0n) is 20.2. The van der Waals surface area contributed by atoms with Crippen LogP contribution in [0.3, 0.4) is 0 Å². The summed E-state index contributed by atoms with van der Waals surface area (Å²) in [5.74, 6) is 1.60. The molecule has 0 unspecified atom stereocenters. The third-order valence-electron chi connectivity index (χ3n) is 6.51. The molecule has 2 heterocycles. The van der Waals surface area contributed by atoms with Gasteiger partial charge in [0, 0.05) is 18.3 Å². The summed E-state index contributed by atoms with van der Waals surface area (Å²) in [4.78, 5) is 8.59. The van der Waals surface area contributed by atoms with Gasteiger partial charge in [0.15, 0.2) is 0 Å². The lowest BCUT2D eigenvalue weighted by Gasteiger charge is -2.30. The Morgan fingerprint density at radius 3 is 2.67 bits per heavy atom. The van der Waals surface area contributed by atoms with E-state index in [2.05, 4.69) is 36.9 Å². The molecule has 0 bridgehead atoms. The average Bonchev–Trinajstić information content (AvgIpc) is 3.29. The number of piperidine rings is 1. The largest absolute Gasteiger partial charge is 0.489 e. The Hall–Kier alpha value is -1.88. The van der Waals surface area contributed by atoms with Gasteiger partial charge >= 0.3 is 0 Å². The van der Waals surface area contributed by atoms with E-state index in [0.717, 1.165) is 41.6 Å². The number of halogens is 1. The maximum atomic E-state index is 6.47. The van der Waals surface area contributed by atoms with Crippen molar-refractivity contribution in [3.05, 3.63) is 58.7 Å². The summed E-state index contributed by atoms with van der Waals surface area (Å²) in [5.41, 5.74) is 5.27. The molecular weight excluding hydrogens is 448 g/mol. The molecule has 0 saturated carbocycles. The van der Waals surface area contributed by atoms with E-state index in [1.165, 1.54) is 47.5 Å². The van der Waals surface area contributed by atoms with Gasteiger partial charge in [0.1, 0.15) is 10.8 Å².